The van der Waals surface area contributed by atoms with Crippen molar-refractivity contribution in [2.24, 2.45) is 0 Å². The predicted octanol–water partition coefficient (Wildman–Crippen LogP) is 5.81. The van der Waals surface area contributed by atoms with Gasteiger partial charge in [0.05, 0.1) is 28.4 Å². The van der Waals surface area contributed by atoms with Crippen molar-refractivity contribution in [1.82, 2.24) is 0 Å². The molecule has 0 unspecified atom stereocenters. The standard InChI is InChI=1S/C26H26O4/c1-27-23-15-17(25(29-3)21-11-7-5-9-19(21)23)13-14-18-16-24(28-2)20-10-6-8-12-22(20)26(18)30-4/h5-12,15-16H,13-14H2,1-4H3. The van der Waals surface area contributed by atoms with Crippen molar-refractivity contribution in [3.05, 3.63) is 71.8 Å². The zero-order chi connectivity index (χ0) is 21.1. The van der Waals surface area contributed by atoms with E-state index >= 15 is 0 Å². The second kappa shape index (κ2) is 8.54. The average Bonchev–Trinajstić information content (AvgIpc) is 2.81. The van der Waals surface area contributed by atoms with Gasteiger partial charge in [0.1, 0.15) is 23.0 Å². The van der Waals surface area contributed by atoms with Crippen molar-refractivity contribution in [3.8, 4) is 23.0 Å². The molecule has 0 aliphatic heterocycles. The Morgan fingerprint density at radius 2 is 0.867 bits per heavy atom. The molecule has 0 atom stereocenters. The number of rotatable bonds is 7. The molecule has 30 heavy (non-hydrogen) atoms. The molecule has 0 amide bonds. The average molecular weight is 402 g/mol. The molecule has 4 nitrogen and oxygen atoms in total. The molecule has 0 radical (unpaired) electrons. The number of benzene rings is 4. The Bertz CT molecular complexity index is 1100. The van der Waals surface area contributed by atoms with E-state index in [1.54, 1.807) is 28.4 Å². The highest BCUT2D eigenvalue weighted by Gasteiger charge is 2.16. The predicted molar refractivity (Wildman–Crippen MR) is 122 cm³/mol. The maximum atomic E-state index is 5.81. The molecule has 0 aliphatic rings. The fourth-order valence-electron chi connectivity index (χ4n) is 4.20. The lowest BCUT2D eigenvalue weighted by atomic mass is 9.96. The highest BCUT2D eigenvalue weighted by atomic mass is 16.5. The van der Waals surface area contributed by atoms with Gasteiger partial charge in [-0.05, 0) is 36.1 Å². The third-order valence-corrected chi connectivity index (χ3v) is 5.58. The third-order valence-electron chi connectivity index (χ3n) is 5.58. The van der Waals surface area contributed by atoms with Gasteiger partial charge < -0.3 is 18.9 Å². The lowest BCUT2D eigenvalue weighted by Crippen LogP contribution is -2.01. The molecule has 0 aliphatic carbocycles. The van der Waals surface area contributed by atoms with Crippen LogP contribution in [-0.2, 0) is 12.8 Å². The number of fused-ring (bicyclic) bond motifs is 2. The second-order valence-corrected chi connectivity index (χ2v) is 7.13. The van der Waals surface area contributed by atoms with Gasteiger partial charge in [-0.1, -0.05) is 48.5 Å². The van der Waals surface area contributed by atoms with Gasteiger partial charge in [-0.2, -0.15) is 0 Å². The monoisotopic (exact) mass is 402 g/mol. The summed E-state index contributed by atoms with van der Waals surface area (Å²) in [7, 11) is 6.85. The number of hydrogen-bond donors (Lipinski definition) is 0. The lowest BCUT2D eigenvalue weighted by Gasteiger charge is -2.17. The maximum absolute atomic E-state index is 5.81. The molecular weight excluding hydrogens is 376 g/mol. The van der Waals surface area contributed by atoms with E-state index in [9.17, 15) is 0 Å². The van der Waals surface area contributed by atoms with Crippen LogP contribution in [0.2, 0.25) is 0 Å². The van der Waals surface area contributed by atoms with Gasteiger partial charge >= 0.3 is 0 Å². The molecule has 4 heteroatoms. The molecule has 4 aromatic rings. The van der Waals surface area contributed by atoms with Gasteiger partial charge in [-0.15, -0.1) is 0 Å². The quantitative estimate of drug-likeness (QED) is 0.391. The summed E-state index contributed by atoms with van der Waals surface area (Å²) in [6.07, 6.45) is 1.56. The SMILES string of the molecule is COc1cc(CCc2cc(OC)c3ccccc3c2OC)c(OC)c2ccccc12. The zero-order valence-corrected chi connectivity index (χ0v) is 17.8. The molecular formula is C26H26O4. The first kappa shape index (κ1) is 19.9. The van der Waals surface area contributed by atoms with Crippen LogP contribution in [0.5, 0.6) is 23.0 Å². The minimum Gasteiger partial charge on any atom is -0.496 e. The minimum atomic E-state index is 0.780. The first-order valence-electron chi connectivity index (χ1n) is 9.97. The minimum absolute atomic E-state index is 0.780. The molecule has 0 bridgehead atoms. The van der Waals surface area contributed by atoms with Crippen molar-refractivity contribution in [3.63, 3.8) is 0 Å². The van der Waals surface area contributed by atoms with Crippen LogP contribution in [0.4, 0.5) is 0 Å². The fourth-order valence-corrected chi connectivity index (χ4v) is 4.20. The molecule has 4 rings (SSSR count). The largest absolute Gasteiger partial charge is 0.496 e. The Kier molecular flexibility index (Phi) is 5.66. The van der Waals surface area contributed by atoms with E-state index in [0.29, 0.717) is 0 Å². The highest BCUT2D eigenvalue weighted by Crippen LogP contribution is 2.40. The molecule has 154 valence electrons. The Labute approximate surface area is 176 Å². The Morgan fingerprint density at radius 3 is 1.20 bits per heavy atom. The van der Waals surface area contributed by atoms with Gasteiger partial charge in [-0.3, -0.25) is 0 Å². The Morgan fingerprint density at radius 1 is 0.500 bits per heavy atom. The summed E-state index contributed by atoms with van der Waals surface area (Å²) in [5, 5.41) is 4.20. The number of hydrogen-bond acceptors (Lipinski definition) is 4. The van der Waals surface area contributed by atoms with Crippen LogP contribution in [0.25, 0.3) is 21.5 Å². The smallest absolute Gasteiger partial charge is 0.130 e. The van der Waals surface area contributed by atoms with E-state index < -0.39 is 0 Å². The first-order valence-corrected chi connectivity index (χ1v) is 9.97. The summed E-state index contributed by atoms with van der Waals surface area (Å²) in [6, 6.07) is 20.5. The summed E-state index contributed by atoms with van der Waals surface area (Å²) in [5.41, 5.74) is 2.20. The van der Waals surface area contributed by atoms with Crippen LogP contribution in [0.15, 0.2) is 60.7 Å². The van der Waals surface area contributed by atoms with Crippen molar-refractivity contribution in [1.29, 1.82) is 0 Å². The maximum Gasteiger partial charge on any atom is 0.130 e. The van der Waals surface area contributed by atoms with E-state index in [2.05, 4.69) is 36.4 Å². The van der Waals surface area contributed by atoms with Crippen molar-refractivity contribution < 1.29 is 18.9 Å². The Balaban J connectivity index is 1.78. The molecule has 0 saturated carbocycles. The van der Waals surface area contributed by atoms with E-state index in [1.807, 2.05) is 24.3 Å². The third kappa shape index (κ3) is 3.39. The summed E-state index contributed by atoms with van der Waals surface area (Å²) in [6.45, 7) is 0. The molecule has 4 aromatic carbocycles. The summed E-state index contributed by atoms with van der Waals surface area (Å²) >= 11 is 0. The summed E-state index contributed by atoms with van der Waals surface area (Å²) in [4.78, 5) is 0. The van der Waals surface area contributed by atoms with Crippen LogP contribution in [0, 0.1) is 0 Å². The van der Waals surface area contributed by atoms with E-state index in [-0.39, 0.29) is 0 Å². The summed E-state index contributed by atoms with van der Waals surface area (Å²) in [5.74, 6) is 3.48. The molecule has 0 heterocycles. The van der Waals surface area contributed by atoms with E-state index in [1.165, 1.54) is 0 Å². The van der Waals surface area contributed by atoms with Gasteiger partial charge in [0, 0.05) is 21.5 Å². The normalized spacial score (nSPS) is 10.9. The van der Waals surface area contributed by atoms with Gasteiger partial charge in [0.25, 0.3) is 0 Å². The molecule has 0 spiro atoms. The van der Waals surface area contributed by atoms with Crippen LogP contribution >= 0.6 is 0 Å². The fraction of sp³-hybridized carbons (Fsp3) is 0.231. The van der Waals surface area contributed by atoms with Crippen molar-refractivity contribution in [2.45, 2.75) is 12.8 Å². The topological polar surface area (TPSA) is 36.9 Å². The van der Waals surface area contributed by atoms with Crippen molar-refractivity contribution in [2.75, 3.05) is 28.4 Å². The number of aryl methyl sites for hydroxylation is 2. The van der Waals surface area contributed by atoms with E-state index in [0.717, 1.165) is 68.5 Å². The number of ether oxygens (including phenoxy) is 4. The van der Waals surface area contributed by atoms with Crippen LogP contribution in [0.1, 0.15) is 11.1 Å². The summed E-state index contributed by atoms with van der Waals surface area (Å²) < 4.78 is 22.9. The van der Waals surface area contributed by atoms with Gasteiger partial charge in [0.15, 0.2) is 0 Å². The second-order valence-electron chi connectivity index (χ2n) is 7.13. The molecule has 0 saturated heterocycles. The van der Waals surface area contributed by atoms with Gasteiger partial charge in [-0.25, -0.2) is 0 Å². The number of methoxy groups -OCH3 is 4. The van der Waals surface area contributed by atoms with Gasteiger partial charge in [0.2, 0.25) is 0 Å². The molecule has 0 aromatic heterocycles. The first-order chi connectivity index (χ1) is 14.7. The Hall–Kier alpha value is -3.40. The van der Waals surface area contributed by atoms with E-state index in [4.69, 9.17) is 18.9 Å². The van der Waals surface area contributed by atoms with Crippen LogP contribution < -0.4 is 18.9 Å². The van der Waals surface area contributed by atoms with Crippen molar-refractivity contribution >= 4 is 21.5 Å². The lowest BCUT2D eigenvalue weighted by molar-refractivity contribution is 0.403. The molecule has 0 N–H and O–H groups in total. The van der Waals surface area contributed by atoms with Crippen LogP contribution in [0.3, 0.4) is 0 Å². The molecule has 0 fully saturated rings. The highest BCUT2D eigenvalue weighted by molar-refractivity contribution is 5.95. The van der Waals surface area contributed by atoms with Crippen LogP contribution in [-0.4, -0.2) is 28.4 Å². The zero-order valence-electron chi connectivity index (χ0n) is 17.8.